The van der Waals surface area contributed by atoms with Crippen LogP contribution in [0.15, 0.2) is 0 Å². The summed E-state index contributed by atoms with van der Waals surface area (Å²) in [5.41, 5.74) is 0. The Kier molecular flexibility index (Phi) is 4.22. The topological polar surface area (TPSA) is 23.6 Å². The quantitative estimate of drug-likeness (QED) is 0.713. The molecule has 1 heterocycles. The predicted molar refractivity (Wildman–Crippen MR) is 65.3 cm³/mol. The lowest BCUT2D eigenvalue weighted by molar-refractivity contribution is -0.138. The van der Waals surface area contributed by atoms with Crippen molar-refractivity contribution in [2.75, 3.05) is 32.7 Å². The number of likely N-dealkylation sites (N-methyl/N-ethyl adjacent to an activating group) is 1. The first-order chi connectivity index (χ1) is 7.81. The van der Waals surface area contributed by atoms with Gasteiger partial charge in [-0.1, -0.05) is 26.2 Å². The van der Waals surface area contributed by atoms with Crippen molar-refractivity contribution in [2.45, 2.75) is 39.0 Å². The number of rotatable bonds is 2. The second kappa shape index (κ2) is 5.67. The normalized spacial score (nSPS) is 24.7. The van der Waals surface area contributed by atoms with Crippen LogP contribution in [0.1, 0.15) is 39.0 Å². The molecule has 3 nitrogen and oxygen atoms in total. The number of hydrogen-bond acceptors (Lipinski definition) is 2. The van der Waals surface area contributed by atoms with Crippen molar-refractivity contribution in [1.82, 2.24) is 9.80 Å². The maximum atomic E-state index is 12.3. The Labute approximate surface area is 98.8 Å². The van der Waals surface area contributed by atoms with Gasteiger partial charge in [0.1, 0.15) is 0 Å². The molecule has 1 saturated heterocycles. The van der Waals surface area contributed by atoms with Crippen LogP contribution in [0.25, 0.3) is 0 Å². The zero-order valence-electron chi connectivity index (χ0n) is 10.5. The summed E-state index contributed by atoms with van der Waals surface area (Å²) in [5.74, 6) is 0.789. The van der Waals surface area contributed by atoms with Gasteiger partial charge in [0.2, 0.25) is 5.91 Å². The summed E-state index contributed by atoms with van der Waals surface area (Å²) in [6.07, 6.45) is 6.10. The smallest absolute Gasteiger partial charge is 0.225 e. The zero-order chi connectivity index (χ0) is 11.4. The number of nitrogens with zero attached hydrogens (tertiary/aromatic N) is 2. The van der Waals surface area contributed by atoms with Gasteiger partial charge in [-0.05, 0) is 19.4 Å². The molecule has 0 bridgehead atoms. The molecular weight excluding hydrogens is 200 g/mol. The Morgan fingerprint density at radius 2 is 1.69 bits per heavy atom. The summed E-state index contributed by atoms with van der Waals surface area (Å²) in [6.45, 7) is 7.33. The minimum atomic E-state index is 0.349. The molecule has 2 rings (SSSR count). The van der Waals surface area contributed by atoms with E-state index >= 15 is 0 Å². The van der Waals surface area contributed by atoms with Crippen LogP contribution < -0.4 is 0 Å². The predicted octanol–water partition coefficient (Wildman–Crippen LogP) is 1.73. The molecule has 0 spiro atoms. The Bertz CT molecular complexity index is 228. The maximum absolute atomic E-state index is 12.3. The molecule has 16 heavy (non-hydrogen) atoms. The van der Waals surface area contributed by atoms with Crippen LogP contribution in [0.4, 0.5) is 0 Å². The zero-order valence-corrected chi connectivity index (χ0v) is 10.5. The summed E-state index contributed by atoms with van der Waals surface area (Å²) >= 11 is 0. The van der Waals surface area contributed by atoms with Crippen LogP contribution in [0, 0.1) is 5.92 Å². The van der Waals surface area contributed by atoms with Gasteiger partial charge in [0, 0.05) is 32.1 Å². The highest BCUT2D eigenvalue weighted by molar-refractivity contribution is 5.79. The molecule has 0 atom stereocenters. The fourth-order valence-electron chi connectivity index (χ4n) is 2.89. The fraction of sp³-hybridized carbons (Fsp3) is 0.923. The first-order valence-corrected chi connectivity index (χ1v) is 6.82. The molecule has 0 aromatic heterocycles. The van der Waals surface area contributed by atoms with E-state index in [2.05, 4.69) is 16.7 Å². The van der Waals surface area contributed by atoms with Crippen LogP contribution >= 0.6 is 0 Å². The van der Waals surface area contributed by atoms with E-state index in [1.54, 1.807) is 0 Å². The van der Waals surface area contributed by atoms with E-state index in [-0.39, 0.29) is 0 Å². The lowest BCUT2D eigenvalue weighted by Crippen LogP contribution is -2.50. The Balaban J connectivity index is 1.81. The molecule has 0 unspecified atom stereocenters. The summed E-state index contributed by atoms with van der Waals surface area (Å²) in [7, 11) is 0. The third-order valence-electron chi connectivity index (χ3n) is 4.09. The van der Waals surface area contributed by atoms with E-state index in [1.807, 2.05) is 0 Å². The number of carbonyl (C=O) groups excluding carboxylic acids is 1. The number of piperazine rings is 1. The maximum Gasteiger partial charge on any atom is 0.225 e. The molecule has 1 saturated carbocycles. The molecule has 3 heteroatoms. The van der Waals surface area contributed by atoms with E-state index in [0.29, 0.717) is 11.8 Å². The minimum Gasteiger partial charge on any atom is -0.340 e. The highest BCUT2D eigenvalue weighted by Gasteiger charge is 2.27. The average molecular weight is 224 g/mol. The van der Waals surface area contributed by atoms with Gasteiger partial charge in [0.05, 0.1) is 0 Å². The molecule has 1 aliphatic heterocycles. The summed E-state index contributed by atoms with van der Waals surface area (Å²) < 4.78 is 0. The van der Waals surface area contributed by atoms with Gasteiger partial charge in [0.15, 0.2) is 0 Å². The lowest BCUT2D eigenvalue weighted by atomic mass is 9.88. The van der Waals surface area contributed by atoms with Gasteiger partial charge in [-0.3, -0.25) is 4.79 Å². The number of amides is 1. The van der Waals surface area contributed by atoms with Crippen LogP contribution in [0.3, 0.4) is 0 Å². The van der Waals surface area contributed by atoms with Crippen molar-refractivity contribution in [3.05, 3.63) is 0 Å². The number of hydrogen-bond donors (Lipinski definition) is 0. The van der Waals surface area contributed by atoms with E-state index < -0.39 is 0 Å². The second-order valence-corrected chi connectivity index (χ2v) is 5.09. The van der Waals surface area contributed by atoms with E-state index in [0.717, 1.165) is 45.6 Å². The molecule has 0 aromatic carbocycles. The molecule has 1 aliphatic carbocycles. The van der Waals surface area contributed by atoms with Gasteiger partial charge >= 0.3 is 0 Å². The van der Waals surface area contributed by atoms with E-state index in [9.17, 15) is 4.79 Å². The van der Waals surface area contributed by atoms with Crippen LogP contribution in [0.2, 0.25) is 0 Å². The molecule has 2 fully saturated rings. The van der Waals surface area contributed by atoms with Gasteiger partial charge in [0.25, 0.3) is 0 Å². The van der Waals surface area contributed by atoms with Crippen molar-refractivity contribution < 1.29 is 4.79 Å². The van der Waals surface area contributed by atoms with E-state index in [1.165, 1.54) is 19.3 Å². The lowest BCUT2D eigenvalue weighted by Gasteiger charge is -2.36. The van der Waals surface area contributed by atoms with Crippen molar-refractivity contribution in [1.29, 1.82) is 0 Å². The van der Waals surface area contributed by atoms with Gasteiger partial charge in [-0.25, -0.2) is 0 Å². The monoisotopic (exact) mass is 224 g/mol. The third-order valence-corrected chi connectivity index (χ3v) is 4.09. The highest BCUT2D eigenvalue weighted by atomic mass is 16.2. The molecule has 92 valence electrons. The summed E-state index contributed by atoms with van der Waals surface area (Å²) in [6, 6.07) is 0. The van der Waals surface area contributed by atoms with Gasteiger partial charge in [-0.2, -0.15) is 0 Å². The van der Waals surface area contributed by atoms with Gasteiger partial charge < -0.3 is 9.80 Å². The van der Waals surface area contributed by atoms with Crippen LogP contribution in [-0.4, -0.2) is 48.4 Å². The largest absolute Gasteiger partial charge is 0.340 e. The van der Waals surface area contributed by atoms with Crippen molar-refractivity contribution in [3.8, 4) is 0 Å². The third kappa shape index (κ3) is 2.76. The van der Waals surface area contributed by atoms with Gasteiger partial charge in [-0.15, -0.1) is 0 Å². The molecule has 2 aliphatic rings. The molecule has 0 N–H and O–H groups in total. The van der Waals surface area contributed by atoms with Crippen molar-refractivity contribution >= 4 is 5.91 Å². The fourth-order valence-corrected chi connectivity index (χ4v) is 2.89. The summed E-state index contributed by atoms with van der Waals surface area (Å²) in [5, 5.41) is 0. The van der Waals surface area contributed by atoms with E-state index in [4.69, 9.17) is 0 Å². The number of carbonyl (C=O) groups is 1. The summed E-state index contributed by atoms with van der Waals surface area (Å²) in [4.78, 5) is 16.8. The SMILES string of the molecule is CCN1CCN(C(=O)C2CCCCC2)CC1. The standard InChI is InChI=1S/C13H24N2O/c1-2-14-8-10-15(11-9-14)13(16)12-6-4-3-5-7-12/h12H,2-11H2,1H3. The van der Waals surface area contributed by atoms with Crippen LogP contribution in [0.5, 0.6) is 0 Å². The van der Waals surface area contributed by atoms with Crippen molar-refractivity contribution in [3.63, 3.8) is 0 Å². The Morgan fingerprint density at radius 1 is 1.06 bits per heavy atom. The molecule has 0 aromatic rings. The Hall–Kier alpha value is -0.570. The first-order valence-electron chi connectivity index (χ1n) is 6.82. The molecule has 0 radical (unpaired) electrons. The average Bonchev–Trinajstić information content (AvgIpc) is 2.39. The Morgan fingerprint density at radius 3 is 2.25 bits per heavy atom. The van der Waals surface area contributed by atoms with Crippen molar-refractivity contribution in [2.24, 2.45) is 5.92 Å². The van der Waals surface area contributed by atoms with Crippen LogP contribution in [-0.2, 0) is 4.79 Å². The highest BCUT2D eigenvalue weighted by Crippen LogP contribution is 2.25. The molecule has 1 amide bonds. The first kappa shape index (κ1) is 11.9. The molecular formula is C13H24N2O. The second-order valence-electron chi connectivity index (χ2n) is 5.09. The minimum absolute atomic E-state index is 0.349.